The van der Waals surface area contributed by atoms with Gasteiger partial charge in [0.15, 0.2) is 6.20 Å². The summed E-state index contributed by atoms with van der Waals surface area (Å²) < 4.78 is 0. The van der Waals surface area contributed by atoms with Crippen molar-refractivity contribution in [3.63, 3.8) is 0 Å². The predicted molar refractivity (Wildman–Crippen MR) is 69.5 cm³/mol. The first kappa shape index (κ1) is 12.8. The van der Waals surface area contributed by atoms with E-state index in [0.717, 1.165) is 25.1 Å². The number of nitrogens with zero attached hydrogens (tertiary/aromatic N) is 3. The third-order valence-electron chi connectivity index (χ3n) is 3.41. The Morgan fingerprint density at radius 1 is 1.56 bits per heavy atom. The van der Waals surface area contributed by atoms with E-state index in [4.69, 9.17) is 5.73 Å². The van der Waals surface area contributed by atoms with Crippen LogP contribution in [0.4, 0.5) is 11.5 Å². The van der Waals surface area contributed by atoms with Crippen molar-refractivity contribution in [2.45, 2.75) is 38.3 Å². The second kappa shape index (κ2) is 5.30. The van der Waals surface area contributed by atoms with Crippen molar-refractivity contribution in [3.8, 4) is 0 Å². The van der Waals surface area contributed by atoms with Crippen LogP contribution in [0.15, 0.2) is 18.3 Å². The number of hydrogen-bond acceptors (Lipinski definition) is 5. The van der Waals surface area contributed by atoms with E-state index >= 15 is 0 Å². The Morgan fingerprint density at radius 3 is 2.89 bits per heavy atom. The Kier molecular flexibility index (Phi) is 3.76. The number of aromatic nitrogens is 1. The van der Waals surface area contributed by atoms with Gasteiger partial charge in [0.05, 0.1) is 5.69 Å². The van der Waals surface area contributed by atoms with Crippen molar-refractivity contribution in [1.82, 2.24) is 4.98 Å². The number of nitrogens with two attached hydrogens (primary N) is 1. The van der Waals surface area contributed by atoms with Gasteiger partial charge in [0.2, 0.25) is 0 Å². The van der Waals surface area contributed by atoms with Crippen LogP contribution in [0.5, 0.6) is 0 Å². The molecule has 0 saturated carbocycles. The number of pyridine rings is 1. The molecule has 1 aromatic heterocycles. The molecule has 1 aliphatic rings. The maximum absolute atomic E-state index is 10.6. The highest BCUT2D eigenvalue weighted by atomic mass is 16.6. The molecule has 0 amide bonds. The molecule has 0 spiro atoms. The van der Waals surface area contributed by atoms with E-state index < -0.39 is 4.92 Å². The van der Waals surface area contributed by atoms with Crippen LogP contribution in [-0.4, -0.2) is 28.5 Å². The van der Waals surface area contributed by atoms with Crippen molar-refractivity contribution in [2.75, 3.05) is 11.4 Å². The summed E-state index contributed by atoms with van der Waals surface area (Å²) in [5.74, 6) is -0.117. The summed E-state index contributed by atoms with van der Waals surface area (Å²) >= 11 is 0. The molecule has 2 atom stereocenters. The normalized spacial score (nSPS) is 21.7. The molecule has 0 aliphatic carbocycles. The van der Waals surface area contributed by atoms with Gasteiger partial charge in [-0.3, -0.25) is 0 Å². The lowest BCUT2D eigenvalue weighted by molar-refractivity contribution is -0.389. The van der Waals surface area contributed by atoms with Crippen LogP contribution in [0.1, 0.15) is 26.2 Å². The first-order chi connectivity index (χ1) is 8.59. The molecule has 2 rings (SSSR count). The summed E-state index contributed by atoms with van der Waals surface area (Å²) in [6.07, 6.45) is 4.94. The Morgan fingerprint density at radius 2 is 2.33 bits per heavy atom. The van der Waals surface area contributed by atoms with Gasteiger partial charge in [0, 0.05) is 24.7 Å². The molecule has 1 saturated heterocycles. The van der Waals surface area contributed by atoms with Gasteiger partial charge in [-0.25, -0.2) is 0 Å². The van der Waals surface area contributed by atoms with Gasteiger partial charge in [-0.2, -0.15) is 0 Å². The summed E-state index contributed by atoms with van der Waals surface area (Å²) in [7, 11) is 0. The van der Waals surface area contributed by atoms with Crippen LogP contribution in [0, 0.1) is 10.1 Å². The summed E-state index contributed by atoms with van der Waals surface area (Å²) in [6.45, 7) is 2.94. The lowest BCUT2D eigenvalue weighted by atomic mass is 9.96. The fourth-order valence-electron chi connectivity index (χ4n) is 2.48. The lowest BCUT2D eigenvalue weighted by Crippen LogP contribution is -2.49. The number of piperidine rings is 1. The Balaban J connectivity index is 2.20. The van der Waals surface area contributed by atoms with E-state index in [9.17, 15) is 10.1 Å². The van der Waals surface area contributed by atoms with E-state index in [2.05, 4.69) is 9.88 Å². The summed E-state index contributed by atoms with van der Waals surface area (Å²) in [5.41, 5.74) is 6.92. The third-order valence-corrected chi connectivity index (χ3v) is 3.41. The highest BCUT2D eigenvalue weighted by Crippen LogP contribution is 2.26. The standard InChI is InChI=1S/C12H18N4O2/c1-9(13)11-4-2-3-7-15(11)10-5-6-12(14-8-10)16(17)18/h5-6,8-9,11H,2-4,7,13H2,1H3. The molecule has 0 bridgehead atoms. The summed E-state index contributed by atoms with van der Waals surface area (Å²) in [4.78, 5) is 16.2. The monoisotopic (exact) mass is 250 g/mol. The molecule has 1 aromatic rings. The zero-order valence-corrected chi connectivity index (χ0v) is 10.5. The fourth-order valence-corrected chi connectivity index (χ4v) is 2.48. The van der Waals surface area contributed by atoms with Gasteiger partial charge in [-0.15, -0.1) is 0 Å². The molecule has 6 nitrogen and oxygen atoms in total. The summed E-state index contributed by atoms with van der Waals surface area (Å²) in [6, 6.07) is 3.58. The average molecular weight is 250 g/mol. The molecular weight excluding hydrogens is 232 g/mol. The lowest BCUT2D eigenvalue weighted by Gasteiger charge is -2.39. The zero-order valence-electron chi connectivity index (χ0n) is 10.5. The fraction of sp³-hybridized carbons (Fsp3) is 0.583. The quantitative estimate of drug-likeness (QED) is 0.651. The van der Waals surface area contributed by atoms with Crippen molar-refractivity contribution < 1.29 is 4.92 Å². The molecule has 0 radical (unpaired) electrons. The first-order valence-electron chi connectivity index (χ1n) is 6.22. The molecule has 2 N–H and O–H groups in total. The summed E-state index contributed by atoms with van der Waals surface area (Å²) in [5, 5.41) is 10.6. The highest BCUT2D eigenvalue weighted by molar-refractivity contribution is 5.48. The van der Waals surface area contributed by atoms with Crippen LogP contribution < -0.4 is 10.6 Å². The molecule has 6 heteroatoms. The minimum atomic E-state index is -0.483. The minimum absolute atomic E-state index is 0.0838. The smallest absolute Gasteiger partial charge is 0.363 e. The Bertz CT molecular complexity index is 419. The topological polar surface area (TPSA) is 85.3 Å². The third kappa shape index (κ3) is 2.59. The van der Waals surface area contributed by atoms with Gasteiger partial charge in [0.1, 0.15) is 0 Å². The molecule has 2 unspecified atom stereocenters. The number of hydrogen-bond donors (Lipinski definition) is 1. The highest BCUT2D eigenvalue weighted by Gasteiger charge is 2.26. The van der Waals surface area contributed by atoms with Gasteiger partial charge in [-0.05, 0) is 42.2 Å². The number of anilines is 1. The number of nitro groups is 1. The van der Waals surface area contributed by atoms with Crippen molar-refractivity contribution in [1.29, 1.82) is 0 Å². The Hall–Kier alpha value is -1.69. The number of rotatable bonds is 3. The molecule has 98 valence electrons. The van der Waals surface area contributed by atoms with Gasteiger partial charge in [-0.1, -0.05) is 0 Å². The van der Waals surface area contributed by atoms with Gasteiger partial charge < -0.3 is 20.7 Å². The predicted octanol–water partition coefficient (Wildman–Crippen LogP) is 1.70. The van der Waals surface area contributed by atoms with E-state index in [1.165, 1.54) is 12.5 Å². The van der Waals surface area contributed by atoms with Crippen molar-refractivity contribution in [2.24, 2.45) is 5.73 Å². The second-order valence-corrected chi connectivity index (χ2v) is 4.75. The van der Waals surface area contributed by atoms with E-state index in [0.29, 0.717) is 6.04 Å². The van der Waals surface area contributed by atoms with Crippen LogP contribution in [0.25, 0.3) is 0 Å². The van der Waals surface area contributed by atoms with Gasteiger partial charge in [0.25, 0.3) is 0 Å². The van der Waals surface area contributed by atoms with Crippen LogP contribution in [-0.2, 0) is 0 Å². The molecule has 1 fully saturated rings. The molecule has 2 heterocycles. The van der Waals surface area contributed by atoms with E-state index in [1.807, 2.05) is 6.92 Å². The largest absolute Gasteiger partial charge is 0.364 e. The molecule has 18 heavy (non-hydrogen) atoms. The molecular formula is C12H18N4O2. The van der Waals surface area contributed by atoms with E-state index in [-0.39, 0.29) is 11.9 Å². The van der Waals surface area contributed by atoms with Crippen LogP contribution >= 0.6 is 0 Å². The maximum atomic E-state index is 10.6. The van der Waals surface area contributed by atoms with Crippen LogP contribution in [0.3, 0.4) is 0 Å². The van der Waals surface area contributed by atoms with Gasteiger partial charge >= 0.3 is 5.82 Å². The van der Waals surface area contributed by atoms with Crippen LogP contribution in [0.2, 0.25) is 0 Å². The van der Waals surface area contributed by atoms with E-state index in [1.54, 1.807) is 12.3 Å². The maximum Gasteiger partial charge on any atom is 0.363 e. The molecule has 0 aromatic carbocycles. The zero-order chi connectivity index (χ0) is 13.1. The van der Waals surface area contributed by atoms with Crippen molar-refractivity contribution in [3.05, 3.63) is 28.4 Å². The average Bonchev–Trinajstić information content (AvgIpc) is 2.39. The minimum Gasteiger partial charge on any atom is -0.364 e. The molecule has 1 aliphatic heterocycles. The first-order valence-corrected chi connectivity index (χ1v) is 6.22. The van der Waals surface area contributed by atoms with Crippen molar-refractivity contribution >= 4 is 11.5 Å². The SMILES string of the molecule is CC(N)C1CCCCN1c1ccc([N+](=O)[O-])nc1. The second-order valence-electron chi connectivity index (χ2n) is 4.75. The Labute approximate surface area is 106 Å².